The van der Waals surface area contributed by atoms with E-state index in [2.05, 4.69) is 14.9 Å². The largest absolute Gasteiger partial charge is 0.345 e. The van der Waals surface area contributed by atoms with E-state index in [4.69, 9.17) is 0 Å². The lowest BCUT2D eigenvalue weighted by Crippen LogP contribution is -2.41. The number of aromatic nitrogens is 2. The van der Waals surface area contributed by atoms with Crippen LogP contribution >= 0.6 is 0 Å². The van der Waals surface area contributed by atoms with Gasteiger partial charge in [0, 0.05) is 12.7 Å². The molecule has 0 bridgehead atoms. The molecule has 0 radical (unpaired) electrons. The zero-order chi connectivity index (χ0) is 11.5. The second-order valence-corrected chi connectivity index (χ2v) is 4.31. The molecule has 1 aromatic rings. The Balaban J connectivity index is 2.33. The lowest BCUT2D eigenvalue weighted by atomic mass is 10.0. The highest BCUT2D eigenvalue weighted by Gasteiger charge is 2.24. The van der Waals surface area contributed by atoms with Gasteiger partial charge >= 0.3 is 0 Å². The normalized spacial score (nSPS) is 20.9. The van der Waals surface area contributed by atoms with E-state index in [0.29, 0.717) is 0 Å². The molecule has 0 amide bonds. The van der Waals surface area contributed by atoms with E-state index in [1.54, 1.807) is 6.20 Å². The Kier molecular flexibility index (Phi) is 3.17. The van der Waals surface area contributed by atoms with Crippen molar-refractivity contribution in [3.8, 4) is 0 Å². The summed E-state index contributed by atoms with van der Waals surface area (Å²) in [5.74, 6) is 0.872. The lowest BCUT2D eigenvalue weighted by Gasteiger charge is -2.33. The summed E-state index contributed by atoms with van der Waals surface area (Å²) in [7, 11) is 0. The van der Waals surface area contributed by atoms with Crippen LogP contribution in [0.25, 0.3) is 0 Å². The van der Waals surface area contributed by atoms with Crippen molar-refractivity contribution < 1.29 is 4.79 Å². The first-order valence-electron chi connectivity index (χ1n) is 5.74. The van der Waals surface area contributed by atoms with Crippen LogP contribution in [0.5, 0.6) is 0 Å². The Morgan fingerprint density at radius 1 is 1.44 bits per heavy atom. The van der Waals surface area contributed by atoms with Crippen molar-refractivity contribution in [1.82, 2.24) is 9.97 Å². The van der Waals surface area contributed by atoms with Crippen molar-refractivity contribution in [2.75, 3.05) is 11.4 Å². The monoisotopic (exact) mass is 219 g/mol. The molecule has 1 atom stereocenters. The summed E-state index contributed by atoms with van der Waals surface area (Å²) in [4.78, 5) is 21.9. The highest BCUT2D eigenvalue weighted by atomic mass is 16.1. The molecule has 4 nitrogen and oxygen atoms in total. The molecular weight excluding hydrogens is 202 g/mol. The van der Waals surface area contributed by atoms with Crippen molar-refractivity contribution in [2.24, 2.45) is 0 Å². The first-order valence-corrected chi connectivity index (χ1v) is 5.74. The van der Waals surface area contributed by atoms with Gasteiger partial charge in [-0.05, 0) is 33.1 Å². The molecule has 0 aliphatic carbocycles. The second kappa shape index (κ2) is 4.60. The van der Waals surface area contributed by atoms with Crippen molar-refractivity contribution in [2.45, 2.75) is 39.2 Å². The molecule has 1 saturated heterocycles. The van der Waals surface area contributed by atoms with Crippen LogP contribution in [-0.4, -0.2) is 28.8 Å². The average Bonchev–Trinajstić information content (AvgIpc) is 2.32. The van der Waals surface area contributed by atoms with Gasteiger partial charge in [0.1, 0.15) is 6.29 Å². The van der Waals surface area contributed by atoms with Gasteiger partial charge in [0.05, 0.1) is 17.4 Å². The maximum Gasteiger partial charge on any atom is 0.150 e. The van der Waals surface area contributed by atoms with Crippen LogP contribution in [0.2, 0.25) is 0 Å². The molecule has 0 saturated carbocycles. The van der Waals surface area contributed by atoms with Crippen LogP contribution in [0.15, 0.2) is 6.20 Å². The molecule has 1 aliphatic rings. The van der Waals surface area contributed by atoms with Crippen LogP contribution < -0.4 is 4.90 Å². The first kappa shape index (κ1) is 11.0. The second-order valence-electron chi connectivity index (χ2n) is 4.31. The number of rotatable bonds is 2. The van der Waals surface area contributed by atoms with Gasteiger partial charge in [-0.3, -0.25) is 4.98 Å². The minimum Gasteiger partial charge on any atom is -0.345 e. The van der Waals surface area contributed by atoms with Crippen molar-refractivity contribution in [1.29, 1.82) is 0 Å². The Hall–Kier alpha value is -1.45. The first-order chi connectivity index (χ1) is 7.72. The number of aryl methyl sites for hydroxylation is 2. The molecule has 86 valence electrons. The smallest absolute Gasteiger partial charge is 0.150 e. The molecule has 1 fully saturated rings. The van der Waals surface area contributed by atoms with Crippen LogP contribution in [0.4, 0.5) is 5.82 Å². The molecule has 2 rings (SSSR count). The summed E-state index contributed by atoms with van der Waals surface area (Å²) in [5.41, 5.74) is 1.80. The average molecular weight is 219 g/mol. The third kappa shape index (κ3) is 2.05. The van der Waals surface area contributed by atoms with Crippen LogP contribution in [0, 0.1) is 13.8 Å². The zero-order valence-corrected chi connectivity index (χ0v) is 9.81. The molecule has 1 aromatic heterocycles. The predicted octanol–water partition coefficient (Wildman–Crippen LogP) is 1.65. The number of carbonyl (C=O) groups excluding carboxylic acids is 1. The van der Waals surface area contributed by atoms with Crippen molar-refractivity contribution >= 4 is 12.1 Å². The van der Waals surface area contributed by atoms with Gasteiger partial charge in [-0.25, -0.2) is 4.98 Å². The summed E-state index contributed by atoms with van der Waals surface area (Å²) < 4.78 is 0. The molecule has 1 unspecified atom stereocenters. The third-order valence-corrected chi connectivity index (χ3v) is 3.03. The maximum absolute atomic E-state index is 11.1. The van der Waals surface area contributed by atoms with Crippen LogP contribution in [0.3, 0.4) is 0 Å². The van der Waals surface area contributed by atoms with Gasteiger partial charge < -0.3 is 9.69 Å². The molecule has 0 spiro atoms. The standard InChI is InChI=1S/C12H17N3O/c1-9-7-13-10(2)12(14-9)15-6-4-3-5-11(15)8-16/h7-8,11H,3-6H2,1-2H3. The quantitative estimate of drug-likeness (QED) is 0.709. The predicted molar refractivity (Wildman–Crippen MR) is 62.6 cm³/mol. The summed E-state index contributed by atoms with van der Waals surface area (Å²) >= 11 is 0. The topological polar surface area (TPSA) is 46.1 Å². The molecular formula is C12H17N3O. The van der Waals surface area contributed by atoms with Gasteiger partial charge in [0.2, 0.25) is 0 Å². The number of hydrogen-bond acceptors (Lipinski definition) is 4. The van der Waals surface area contributed by atoms with Crippen molar-refractivity contribution in [3.05, 3.63) is 17.6 Å². The summed E-state index contributed by atoms with van der Waals surface area (Å²) in [6.45, 7) is 4.77. The maximum atomic E-state index is 11.1. The van der Waals surface area contributed by atoms with E-state index in [9.17, 15) is 4.79 Å². The van der Waals surface area contributed by atoms with Gasteiger partial charge in [0.25, 0.3) is 0 Å². The lowest BCUT2D eigenvalue weighted by molar-refractivity contribution is -0.109. The van der Waals surface area contributed by atoms with E-state index in [0.717, 1.165) is 49.3 Å². The highest BCUT2D eigenvalue weighted by Crippen LogP contribution is 2.24. The van der Waals surface area contributed by atoms with Gasteiger partial charge in [0.15, 0.2) is 5.82 Å². The summed E-state index contributed by atoms with van der Waals surface area (Å²) in [6.07, 6.45) is 5.97. The van der Waals surface area contributed by atoms with Gasteiger partial charge in [-0.1, -0.05) is 0 Å². The minimum absolute atomic E-state index is 0.0245. The molecule has 4 heteroatoms. The summed E-state index contributed by atoms with van der Waals surface area (Å²) in [5, 5.41) is 0. The highest BCUT2D eigenvalue weighted by molar-refractivity contribution is 5.65. The Morgan fingerprint density at radius 2 is 2.25 bits per heavy atom. The zero-order valence-electron chi connectivity index (χ0n) is 9.81. The summed E-state index contributed by atoms with van der Waals surface area (Å²) in [6, 6.07) is -0.0245. The Labute approximate surface area is 95.7 Å². The van der Waals surface area contributed by atoms with Crippen LogP contribution in [0.1, 0.15) is 30.7 Å². The Morgan fingerprint density at radius 3 is 3.00 bits per heavy atom. The number of aldehydes is 1. The molecule has 2 heterocycles. The van der Waals surface area contributed by atoms with Crippen LogP contribution in [-0.2, 0) is 4.79 Å². The fraction of sp³-hybridized carbons (Fsp3) is 0.583. The molecule has 0 aromatic carbocycles. The van der Waals surface area contributed by atoms with E-state index in [1.807, 2.05) is 13.8 Å². The molecule has 0 N–H and O–H groups in total. The fourth-order valence-corrected chi connectivity index (χ4v) is 2.16. The SMILES string of the molecule is Cc1cnc(C)c(N2CCCCC2C=O)n1. The molecule has 1 aliphatic heterocycles. The minimum atomic E-state index is -0.0245. The van der Waals surface area contributed by atoms with E-state index in [-0.39, 0.29) is 6.04 Å². The van der Waals surface area contributed by atoms with Crippen molar-refractivity contribution in [3.63, 3.8) is 0 Å². The van der Waals surface area contributed by atoms with E-state index < -0.39 is 0 Å². The number of piperidine rings is 1. The number of hydrogen-bond donors (Lipinski definition) is 0. The number of nitrogens with zero attached hydrogens (tertiary/aromatic N) is 3. The van der Waals surface area contributed by atoms with Gasteiger partial charge in [-0.15, -0.1) is 0 Å². The molecule has 16 heavy (non-hydrogen) atoms. The van der Waals surface area contributed by atoms with Gasteiger partial charge in [-0.2, -0.15) is 0 Å². The number of carbonyl (C=O) groups is 1. The van der Waals surface area contributed by atoms with E-state index >= 15 is 0 Å². The Bertz CT molecular complexity index is 392. The number of anilines is 1. The fourth-order valence-electron chi connectivity index (χ4n) is 2.16. The van der Waals surface area contributed by atoms with E-state index in [1.165, 1.54) is 0 Å². The third-order valence-electron chi connectivity index (χ3n) is 3.03.